The molecule has 190 valence electrons. The van der Waals surface area contributed by atoms with Gasteiger partial charge in [-0.15, -0.1) is 0 Å². The van der Waals surface area contributed by atoms with Crippen molar-refractivity contribution in [3.05, 3.63) is 135 Å². The first-order chi connectivity index (χ1) is 18.5. The van der Waals surface area contributed by atoms with Gasteiger partial charge in [0.15, 0.2) is 0 Å². The summed E-state index contributed by atoms with van der Waals surface area (Å²) < 4.78 is 6.07. The number of nitrogens with one attached hydrogen (secondary N) is 1. The third-order valence-corrected chi connectivity index (χ3v) is 8.03. The van der Waals surface area contributed by atoms with Gasteiger partial charge >= 0.3 is 0 Å². The molecule has 4 aromatic carbocycles. The first kappa shape index (κ1) is 24.8. The number of rotatable bonds is 6. The molecule has 1 heterocycles. The van der Waals surface area contributed by atoms with E-state index in [9.17, 15) is 0 Å². The predicted molar refractivity (Wildman–Crippen MR) is 158 cm³/mol. The molecule has 5 heteroatoms. The standard InChI is InChI=1S/C33H28Cl2N2O/c1-21-9-16-31-29(17-21)27-6-4-7-28(27)33(37-31)22-11-14-26(15-12-22)36-19-23-5-2-3-8-32(23)38-20-24-10-13-25(34)18-30(24)35/h2-6,8-19,27-28,33,37H,7,20H2,1H3/t27-,28+,33-/m1/s1. The van der Waals surface area contributed by atoms with Crippen molar-refractivity contribution in [2.45, 2.75) is 31.9 Å². The molecule has 0 unspecified atom stereocenters. The third-order valence-electron chi connectivity index (χ3n) is 7.44. The van der Waals surface area contributed by atoms with Crippen molar-refractivity contribution in [2.75, 3.05) is 5.32 Å². The van der Waals surface area contributed by atoms with Crippen molar-refractivity contribution in [1.29, 1.82) is 0 Å². The minimum Gasteiger partial charge on any atom is -0.488 e. The maximum Gasteiger partial charge on any atom is 0.128 e. The van der Waals surface area contributed by atoms with Crippen LogP contribution in [0.15, 0.2) is 102 Å². The molecule has 0 bridgehead atoms. The fourth-order valence-electron chi connectivity index (χ4n) is 5.47. The SMILES string of the molecule is Cc1ccc2c(c1)[C@@H]1C=CC[C@@H]1[C@@H](c1ccc(N=Cc3ccccc3OCc3ccc(Cl)cc3Cl)cc1)N2. The van der Waals surface area contributed by atoms with Crippen LogP contribution in [0.3, 0.4) is 0 Å². The lowest BCUT2D eigenvalue weighted by atomic mass is 9.76. The van der Waals surface area contributed by atoms with Crippen molar-refractivity contribution in [2.24, 2.45) is 10.9 Å². The van der Waals surface area contributed by atoms with Crippen LogP contribution in [0, 0.1) is 12.8 Å². The fraction of sp³-hybridized carbons (Fsp3) is 0.182. The number of allylic oxidation sites excluding steroid dienone is 2. The number of aliphatic imine (C=N–C) groups is 1. The van der Waals surface area contributed by atoms with Gasteiger partial charge in [-0.1, -0.05) is 83.4 Å². The Hall–Kier alpha value is -3.53. The number of aryl methyl sites for hydroxylation is 1. The topological polar surface area (TPSA) is 33.6 Å². The highest BCUT2D eigenvalue weighted by Crippen LogP contribution is 2.50. The van der Waals surface area contributed by atoms with E-state index in [1.165, 1.54) is 22.4 Å². The molecular weight excluding hydrogens is 511 g/mol. The fourth-order valence-corrected chi connectivity index (χ4v) is 5.93. The van der Waals surface area contributed by atoms with Crippen LogP contribution in [0.25, 0.3) is 0 Å². The predicted octanol–water partition coefficient (Wildman–Crippen LogP) is 9.46. The summed E-state index contributed by atoms with van der Waals surface area (Å²) in [7, 11) is 0. The van der Waals surface area contributed by atoms with E-state index >= 15 is 0 Å². The van der Waals surface area contributed by atoms with E-state index < -0.39 is 0 Å². The molecular formula is C33H28Cl2N2O. The number of hydrogen-bond donors (Lipinski definition) is 1. The highest BCUT2D eigenvalue weighted by atomic mass is 35.5. The van der Waals surface area contributed by atoms with E-state index in [0.717, 1.165) is 29.0 Å². The summed E-state index contributed by atoms with van der Waals surface area (Å²) in [6.07, 6.45) is 7.66. The summed E-state index contributed by atoms with van der Waals surface area (Å²) in [5.41, 5.74) is 7.95. The van der Waals surface area contributed by atoms with E-state index in [2.05, 4.69) is 66.9 Å². The molecule has 0 saturated heterocycles. The molecule has 0 spiro atoms. The second kappa shape index (κ2) is 10.7. The summed E-state index contributed by atoms with van der Waals surface area (Å²) in [6.45, 7) is 2.52. The van der Waals surface area contributed by atoms with Crippen LogP contribution in [0.2, 0.25) is 10.0 Å². The number of hydrogen-bond acceptors (Lipinski definition) is 3. The molecule has 0 amide bonds. The molecule has 3 atom stereocenters. The van der Waals surface area contributed by atoms with Gasteiger partial charge in [0.05, 0.1) is 11.7 Å². The van der Waals surface area contributed by atoms with Crippen LogP contribution in [0.4, 0.5) is 11.4 Å². The van der Waals surface area contributed by atoms with Crippen LogP contribution in [0.5, 0.6) is 5.75 Å². The normalized spacial score (nSPS) is 19.7. The maximum atomic E-state index is 6.31. The van der Waals surface area contributed by atoms with Gasteiger partial charge in [0.25, 0.3) is 0 Å². The highest BCUT2D eigenvalue weighted by molar-refractivity contribution is 6.35. The lowest BCUT2D eigenvalue weighted by Crippen LogP contribution is -2.29. The van der Waals surface area contributed by atoms with E-state index in [1.54, 1.807) is 6.07 Å². The Morgan fingerprint density at radius 3 is 2.66 bits per heavy atom. The average Bonchev–Trinajstić information content (AvgIpc) is 3.42. The van der Waals surface area contributed by atoms with E-state index in [4.69, 9.17) is 32.9 Å². The number of para-hydroxylation sites is 1. The highest BCUT2D eigenvalue weighted by Gasteiger charge is 2.37. The monoisotopic (exact) mass is 538 g/mol. The van der Waals surface area contributed by atoms with Gasteiger partial charge in [0.2, 0.25) is 0 Å². The second-order valence-electron chi connectivity index (χ2n) is 9.98. The second-order valence-corrected chi connectivity index (χ2v) is 10.8. The Labute approximate surface area is 233 Å². The van der Waals surface area contributed by atoms with Crippen molar-refractivity contribution in [1.82, 2.24) is 0 Å². The summed E-state index contributed by atoms with van der Waals surface area (Å²) in [5, 5.41) is 5.02. The number of anilines is 1. The molecule has 3 nitrogen and oxygen atoms in total. The third kappa shape index (κ3) is 5.09. The maximum absolute atomic E-state index is 6.31. The summed E-state index contributed by atoms with van der Waals surface area (Å²) in [5.74, 6) is 1.74. The number of fused-ring (bicyclic) bond motifs is 3. The van der Waals surface area contributed by atoms with Gasteiger partial charge < -0.3 is 10.1 Å². The van der Waals surface area contributed by atoms with Crippen LogP contribution < -0.4 is 10.1 Å². The lowest BCUT2D eigenvalue weighted by molar-refractivity contribution is 0.306. The Morgan fingerprint density at radius 1 is 0.974 bits per heavy atom. The van der Waals surface area contributed by atoms with Gasteiger partial charge in [0.1, 0.15) is 12.4 Å². The molecule has 0 fully saturated rings. The molecule has 6 rings (SSSR count). The molecule has 38 heavy (non-hydrogen) atoms. The molecule has 0 aromatic heterocycles. The van der Waals surface area contributed by atoms with Crippen molar-refractivity contribution in [3.63, 3.8) is 0 Å². The van der Waals surface area contributed by atoms with E-state index in [-0.39, 0.29) is 6.04 Å². The van der Waals surface area contributed by atoms with E-state index in [1.807, 2.05) is 42.6 Å². The lowest BCUT2D eigenvalue weighted by Gasteiger charge is -2.37. The molecule has 2 aliphatic rings. The first-order valence-electron chi connectivity index (χ1n) is 12.9. The Bertz CT molecular complexity index is 1530. The van der Waals surface area contributed by atoms with Gasteiger partial charge in [-0.05, 0) is 72.9 Å². The zero-order chi connectivity index (χ0) is 26.1. The molecule has 1 aliphatic carbocycles. The minimum atomic E-state index is 0.275. The van der Waals surface area contributed by atoms with Crippen molar-refractivity contribution in [3.8, 4) is 5.75 Å². The van der Waals surface area contributed by atoms with Gasteiger partial charge in [-0.3, -0.25) is 4.99 Å². The van der Waals surface area contributed by atoms with Crippen LogP contribution in [-0.2, 0) is 6.61 Å². The van der Waals surface area contributed by atoms with Crippen molar-refractivity contribution < 1.29 is 4.74 Å². The molecule has 0 saturated carbocycles. The van der Waals surface area contributed by atoms with Crippen molar-refractivity contribution >= 4 is 40.8 Å². The molecule has 1 N–H and O–H groups in total. The first-order valence-corrected chi connectivity index (χ1v) is 13.6. The Morgan fingerprint density at radius 2 is 1.82 bits per heavy atom. The van der Waals surface area contributed by atoms with Crippen LogP contribution >= 0.6 is 23.2 Å². The van der Waals surface area contributed by atoms with Gasteiger partial charge in [0, 0.05) is 39.0 Å². The molecule has 1 aliphatic heterocycles. The van der Waals surface area contributed by atoms with Gasteiger partial charge in [-0.25, -0.2) is 0 Å². The Balaban J connectivity index is 1.17. The van der Waals surface area contributed by atoms with Gasteiger partial charge in [-0.2, -0.15) is 0 Å². The summed E-state index contributed by atoms with van der Waals surface area (Å²) in [6, 6.07) is 28.9. The number of ether oxygens (including phenoxy) is 1. The van der Waals surface area contributed by atoms with Crippen LogP contribution in [0.1, 0.15) is 46.2 Å². The zero-order valence-electron chi connectivity index (χ0n) is 21.1. The Kier molecular flexibility index (Phi) is 6.97. The number of nitrogens with zero attached hydrogens (tertiary/aromatic N) is 1. The van der Waals surface area contributed by atoms with Crippen LogP contribution in [-0.4, -0.2) is 6.21 Å². The smallest absolute Gasteiger partial charge is 0.128 e. The molecule has 0 radical (unpaired) electrons. The largest absolute Gasteiger partial charge is 0.488 e. The summed E-state index contributed by atoms with van der Waals surface area (Å²) >= 11 is 12.3. The zero-order valence-corrected chi connectivity index (χ0v) is 22.6. The average molecular weight is 540 g/mol. The summed E-state index contributed by atoms with van der Waals surface area (Å²) in [4.78, 5) is 4.74. The quantitative estimate of drug-likeness (QED) is 0.196. The molecule has 4 aromatic rings. The number of halogens is 2. The van der Waals surface area contributed by atoms with E-state index in [0.29, 0.717) is 28.5 Å². The minimum absolute atomic E-state index is 0.275. The number of benzene rings is 4.